The summed E-state index contributed by atoms with van der Waals surface area (Å²) in [4.78, 5) is 12.5. The lowest BCUT2D eigenvalue weighted by atomic mass is 9.87. The minimum atomic E-state index is -0.262. The molecule has 4 rings (SSSR count). The van der Waals surface area contributed by atoms with E-state index in [1.165, 1.54) is 17.3 Å². The normalized spacial score (nSPS) is 11.5. The standard InChI is InChI=1S/C29H31N5O3S/c1-29(2,3)22-12-10-20(11-13-22)27-32-33-28(34(27)23-14-16-24(36-4)17-15-23)38-19-26(35)31-30-18-21-8-6-7-9-25(21)37-5/h6-18H,19H2,1-5H3,(H,31,35). The summed E-state index contributed by atoms with van der Waals surface area (Å²) in [5.74, 6) is 1.96. The van der Waals surface area contributed by atoms with E-state index in [0.717, 1.165) is 22.6 Å². The van der Waals surface area contributed by atoms with E-state index >= 15 is 0 Å². The van der Waals surface area contributed by atoms with E-state index in [9.17, 15) is 4.79 Å². The number of methoxy groups -OCH3 is 2. The molecule has 0 unspecified atom stereocenters. The predicted molar refractivity (Wildman–Crippen MR) is 152 cm³/mol. The van der Waals surface area contributed by atoms with Crippen LogP contribution < -0.4 is 14.9 Å². The molecule has 3 aromatic carbocycles. The minimum Gasteiger partial charge on any atom is -0.497 e. The third kappa shape index (κ3) is 6.41. The molecule has 1 N–H and O–H groups in total. The van der Waals surface area contributed by atoms with Crippen molar-refractivity contribution in [1.82, 2.24) is 20.2 Å². The molecule has 0 saturated heterocycles. The van der Waals surface area contributed by atoms with Gasteiger partial charge in [-0.1, -0.05) is 68.9 Å². The maximum absolute atomic E-state index is 12.5. The van der Waals surface area contributed by atoms with Crippen LogP contribution in [0.4, 0.5) is 0 Å². The highest BCUT2D eigenvalue weighted by molar-refractivity contribution is 7.99. The molecule has 0 aliphatic carbocycles. The number of amides is 1. The van der Waals surface area contributed by atoms with Gasteiger partial charge in [-0.15, -0.1) is 10.2 Å². The molecule has 0 fully saturated rings. The molecule has 0 radical (unpaired) electrons. The van der Waals surface area contributed by atoms with Gasteiger partial charge in [-0.05, 0) is 47.4 Å². The fraction of sp³-hybridized carbons (Fsp3) is 0.241. The predicted octanol–water partition coefficient (Wildman–Crippen LogP) is 5.49. The number of rotatable bonds is 9. The average Bonchev–Trinajstić information content (AvgIpc) is 3.35. The van der Waals surface area contributed by atoms with E-state index in [1.54, 1.807) is 20.4 Å². The summed E-state index contributed by atoms with van der Waals surface area (Å²) in [6.45, 7) is 6.55. The number of hydrazone groups is 1. The first kappa shape index (κ1) is 26.9. The van der Waals surface area contributed by atoms with Gasteiger partial charge in [0.2, 0.25) is 0 Å². The second-order valence-electron chi connectivity index (χ2n) is 9.49. The lowest BCUT2D eigenvalue weighted by molar-refractivity contribution is -0.118. The number of benzene rings is 3. The van der Waals surface area contributed by atoms with Crippen molar-refractivity contribution in [2.75, 3.05) is 20.0 Å². The van der Waals surface area contributed by atoms with E-state index in [0.29, 0.717) is 16.7 Å². The van der Waals surface area contributed by atoms with Crippen molar-refractivity contribution in [1.29, 1.82) is 0 Å². The fourth-order valence-corrected chi connectivity index (χ4v) is 4.49. The molecular weight excluding hydrogens is 498 g/mol. The summed E-state index contributed by atoms with van der Waals surface area (Å²) >= 11 is 1.28. The lowest BCUT2D eigenvalue weighted by Gasteiger charge is -2.19. The van der Waals surface area contributed by atoms with Crippen molar-refractivity contribution in [3.05, 3.63) is 83.9 Å². The van der Waals surface area contributed by atoms with Gasteiger partial charge in [-0.2, -0.15) is 5.10 Å². The molecule has 9 heteroatoms. The van der Waals surface area contributed by atoms with Gasteiger partial charge in [-0.3, -0.25) is 9.36 Å². The smallest absolute Gasteiger partial charge is 0.250 e. The van der Waals surface area contributed by atoms with Crippen molar-refractivity contribution in [2.24, 2.45) is 5.10 Å². The molecular formula is C29H31N5O3S. The molecule has 38 heavy (non-hydrogen) atoms. The Morgan fingerprint density at radius 2 is 1.68 bits per heavy atom. The van der Waals surface area contributed by atoms with E-state index < -0.39 is 0 Å². The van der Waals surface area contributed by atoms with Crippen LogP contribution in [0.15, 0.2) is 83.1 Å². The summed E-state index contributed by atoms with van der Waals surface area (Å²) in [6.07, 6.45) is 1.56. The van der Waals surface area contributed by atoms with Crippen LogP contribution in [-0.2, 0) is 10.2 Å². The third-order valence-electron chi connectivity index (χ3n) is 5.84. The Labute approximate surface area is 227 Å². The lowest BCUT2D eigenvalue weighted by Crippen LogP contribution is -2.20. The Balaban J connectivity index is 1.55. The summed E-state index contributed by atoms with van der Waals surface area (Å²) in [7, 11) is 3.22. The largest absolute Gasteiger partial charge is 0.497 e. The maximum Gasteiger partial charge on any atom is 0.250 e. The van der Waals surface area contributed by atoms with Gasteiger partial charge in [0.05, 0.1) is 26.2 Å². The van der Waals surface area contributed by atoms with E-state index in [4.69, 9.17) is 9.47 Å². The maximum atomic E-state index is 12.5. The Bertz CT molecular complexity index is 1410. The van der Waals surface area contributed by atoms with Crippen LogP contribution in [0.2, 0.25) is 0 Å². The summed E-state index contributed by atoms with van der Waals surface area (Å²) in [5, 5.41) is 13.6. The highest BCUT2D eigenvalue weighted by atomic mass is 32.2. The topological polar surface area (TPSA) is 90.6 Å². The first-order valence-corrected chi connectivity index (χ1v) is 13.1. The average molecular weight is 530 g/mol. The first-order chi connectivity index (χ1) is 18.3. The third-order valence-corrected chi connectivity index (χ3v) is 6.77. The number of para-hydroxylation sites is 1. The number of nitrogens with zero attached hydrogens (tertiary/aromatic N) is 4. The van der Waals surface area contributed by atoms with Gasteiger partial charge in [0, 0.05) is 16.8 Å². The number of nitrogens with one attached hydrogen (secondary N) is 1. The molecule has 1 amide bonds. The van der Waals surface area contributed by atoms with Gasteiger partial charge in [0.1, 0.15) is 11.5 Å². The van der Waals surface area contributed by atoms with Gasteiger partial charge >= 0.3 is 0 Å². The number of ether oxygens (including phenoxy) is 2. The van der Waals surface area contributed by atoms with Crippen molar-refractivity contribution in [2.45, 2.75) is 31.3 Å². The molecule has 1 heterocycles. The molecule has 0 aliphatic rings. The monoisotopic (exact) mass is 529 g/mol. The first-order valence-electron chi connectivity index (χ1n) is 12.1. The molecule has 196 valence electrons. The number of carbonyl (C=O) groups is 1. The van der Waals surface area contributed by atoms with Crippen LogP contribution in [0, 0.1) is 0 Å². The Morgan fingerprint density at radius 1 is 0.974 bits per heavy atom. The molecule has 0 saturated carbocycles. The highest BCUT2D eigenvalue weighted by Gasteiger charge is 2.19. The van der Waals surface area contributed by atoms with Gasteiger partial charge in [0.25, 0.3) is 5.91 Å². The molecule has 0 spiro atoms. The van der Waals surface area contributed by atoms with Crippen molar-refractivity contribution >= 4 is 23.9 Å². The van der Waals surface area contributed by atoms with Crippen molar-refractivity contribution < 1.29 is 14.3 Å². The van der Waals surface area contributed by atoms with Gasteiger partial charge < -0.3 is 9.47 Å². The van der Waals surface area contributed by atoms with Crippen LogP contribution in [-0.4, -0.2) is 46.9 Å². The zero-order chi connectivity index (χ0) is 27.1. The number of thioether (sulfide) groups is 1. The molecule has 1 aromatic heterocycles. The second-order valence-corrected chi connectivity index (χ2v) is 10.4. The summed E-state index contributed by atoms with van der Waals surface area (Å²) < 4.78 is 12.6. The van der Waals surface area contributed by atoms with Crippen LogP contribution in [0.1, 0.15) is 31.9 Å². The number of aromatic nitrogens is 3. The van der Waals surface area contributed by atoms with Gasteiger partial charge in [0.15, 0.2) is 11.0 Å². The van der Waals surface area contributed by atoms with Crippen LogP contribution >= 0.6 is 11.8 Å². The Morgan fingerprint density at radius 3 is 2.34 bits per heavy atom. The Kier molecular flexibility index (Phi) is 8.48. The van der Waals surface area contributed by atoms with Crippen molar-refractivity contribution in [3.63, 3.8) is 0 Å². The van der Waals surface area contributed by atoms with Crippen LogP contribution in [0.3, 0.4) is 0 Å². The van der Waals surface area contributed by atoms with Gasteiger partial charge in [-0.25, -0.2) is 5.43 Å². The zero-order valence-electron chi connectivity index (χ0n) is 22.1. The Hall–Kier alpha value is -4.11. The zero-order valence-corrected chi connectivity index (χ0v) is 23.0. The van der Waals surface area contributed by atoms with Crippen LogP contribution in [0.5, 0.6) is 11.5 Å². The molecule has 0 atom stereocenters. The molecule has 0 bridgehead atoms. The number of hydrogen-bond donors (Lipinski definition) is 1. The summed E-state index contributed by atoms with van der Waals surface area (Å²) in [6, 6.07) is 23.4. The molecule has 0 aliphatic heterocycles. The van der Waals surface area contributed by atoms with E-state index in [1.807, 2.05) is 53.1 Å². The SMILES string of the molecule is COc1ccc(-n2c(SCC(=O)NN=Cc3ccccc3OC)nnc2-c2ccc(C(C)(C)C)cc2)cc1. The minimum absolute atomic E-state index is 0.0463. The number of hydrogen-bond acceptors (Lipinski definition) is 7. The number of carbonyl (C=O) groups excluding carboxylic acids is 1. The van der Waals surface area contributed by atoms with E-state index in [-0.39, 0.29) is 17.1 Å². The van der Waals surface area contributed by atoms with Crippen molar-refractivity contribution in [3.8, 4) is 28.6 Å². The highest BCUT2D eigenvalue weighted by Crippen LogP contribution is 2.30. The second kappa shape index (κ2) is 12.0. The summed E-state index contributed by atoms with van der Waals surface area (Å²) in [5.41, 5.74) is 6.41. The fourth-order valence-electron chi connectivity index (χ4n) is 3.74. The molecule has 8 nitrogen and oxygen atoms in total. The van der Waals surface area contributed by atoms with E-state index in [2.05, 4.69) is 65.8 Å². The quantitative estimate of drug-likeness (QED) is 0.175. The molecule has 4 aromatic rings. The van der Waals surface area contributed by atoms with Crippen LogP contribution in [0.25, 0.3) is 17.1 Å².